The Labute approximate surface area is 156 Å². The largest absolute Gasteiger partial charge is 0.345 e. The lowest BCUT2D eigenvalue weighted by atomic mass is 9.92. The van der Waals surface area contributed by atoms with E-state index in [9.17, 15) is 4.79 Å². The normalized spacial score (nSPS) is 11.1. The Hall–Kier alpha value is -1.85. The Morgan fingerprint density at radius 2 is 1.92 bits per heavy atom. The molecule has 1 amide bonds. The highest BCUT2D eigenvalue weighted by Crippen LogP contribution is 2.16. The molecule has 2 aromatic rings. The molecular formula is C19H29ClN4O. The van der Waals surface area contributed by atoms with Crippen LogP contribution in [0.4, 0.5) is 0 Å². The first-order valence-corrected chi connectivity index (χ1v) is 8.55. The second kappa shape index (κ2) is 9.02. The van der Waals surface area contributed by atoms with Gasteiger partial charge in [-0.1, -0.05) is 26.0 Å². The zero-order valence-corrected chi connectivity index (χ0v) is 16.3. The fraction of sp³-hybridized carbons (Fsp3) is 0.474. The molecule has 1 aromatic carbocycles. The Morgan fingerprint density at radius 1 is 1.24 bits per heavy atom. The summed E-state index contributed by atoms with van der Waals surface area (Å²) in [5.74, 6) is -0.0700. The van der Waals surface area contributed by atoms with E-state index in [0.29, 0.717) is 18.7 Å². The number of nitrogens with zero attached hydrogens (tertiary/aromatic N) is 2. The van der Waals surface area contributed by atoms with E-state index >= 15 is 0 Å². The van der Waals surface area contributed by atoms with Crippen molar-refractivity contribution in [3.63, 3.8) is 0 Å². The zero-order chi connectivity index (χ0) is 17.7. The first-order chi connectivity index (χ1) is 11.4. The molecule has 2 rings (SSSR count). The maximum Gasteiger partial charge on any atom is 0.251 e. The van der Waals surface area contributed by atoms with Crippen LogP contribution in [-0.4, -0.2) is 27.8 Å². The van der Waals surface area contributed by atoms with Gasteiger partial charge in [0.05, 0.1) is 17.8 Å². The van der Waals surface area contributed by atoms with Gasteiger partial charge in [-0.25, -0.2) is 0 Å². The first kappa shape index (κ1) is 21.2. The summed E-state index contributed by atoms with van der Waals surface area (Å²) in [4.78, 5) is 12.6. The van der Waals surface area contributed by atoms with Gasteiger partial charge in [-0.15, -0.1) is 12.4 Å². The third-order valence-electron chi connectivity index (χ3n) is 4.75. The van der Waals surface area contributed by atoms with Gasteiger partial charge in [-0.3, -0.25) is 9.48 Å². The van der Waals surface area contributed by atoms with Gasteiger partial charge in [0, 0.05) is 17.8 Å². The van der Waals surface area contributed by atoms with Crippen LogP contribution >= 0.6 is 12.4 Å². The van der Waals surface area contributed by atoms with Crippen LogP contribution in [0.25, 0.3) is 0 Å². The Morgan fingerprint density at radius 3 is 2.44 bits per heavy atom. The van der Waals surface area contributed by atoms with Gasteiger partial charge in [0.1, 0.15) is 0 Å². The molecule has 0 aliphatic rings. The third-order valence-corrected chi connectivity index (χ3v) is 4.75. The van der Waals surface area contributed by atoms with E-state index < -0.39 is 0 Å². The molecular weight excluding hydrogens is 336 g/mol. The summed E-state index contributed by atoms with van der Waals surface area (Å²) in [6.45, 7) is 9.22. The number of hydrogen-bond acceptors (Lipinski definition) is 3. The smallest absolute Gasteiger partial charge is 0.251 e. The minimum absolute atomic E-state index is 0. The van der Waals surface area contributed by atoms with Gasteiger partial charge < -0.3 is 11.1 Å². The molecule has 1 aromatic heterocycles. The highest BCUT2D eigenvalue weighted by molar-refractivity contribution is 5.94. The molecule has 6 heteroatoms. The molecule has 0 aliphatic carbocycles. The number of hydrogen-bond donors (Lipinski definition) is 2. The number of amides is 1. The van der Waals surface area contributed by atoms with Gasteiger partial charge in [0.2, 0.25) is 0 Å². The average Bonchev–Trinajstić information content (AvgIpc) is 2.90. The molecule has 5 nitrogen and oxygen atoms in total. The van der Waals surface area contributed by atoms with Gasteiger partial charge in [0.15, 0.2) is 0 Å². The van der Waals surface area contributed by atoms with E-state index in [0.717, 1.165) is 29.8 Å². The lowest BCUT2D eigenvalue weighted by Gasteiger charge is -2.31. The van der Waals surface area contributed by atoms with E-state index in [-0.39, 0.29) is 23.9 Å². The van der Waals surface area contributed by atoms with Crippen molar-refractivity contribution in [1.29, 1.82) is 0 Å². The number of aromatic nitrogens is 2. The van der Waals surface area contributed by atoms with E-state index in [1.54, 1.807) is 0 Å². The van der Waals surface area contributed by atoms with Crippen molar-refractivity contribution in [2.45, 2.75) is 52.6 Å². The monoisotopic (exact) mass is 364 g/mol. The lowest BCUT2D eigenvalue weighted by molar-refractivity contribution is 0.0895. The SMILES string of the molecule is CCC(CC)(CN)NC(=O)c1cccc(Cn2nc(C)cc2C)c1.Cl. The number of rotatable bonds is 7. The molecule has 0 radical (unpaired) electrons. The number of nitrogens with one attached hydrogen (secondary N) is 1. The molecule has 0 atom stereocenters. The maximum atomic E-state index is 12.6. The van der Waals surface area contributed by atoms with E-state index in [1.165, 1.54) is 0 Å². The first-order valence-electron chi connectivity index (χ1n) is 8.55. The van der Waals surface area contributed by atoms with Crippen molar-refractivity contribution in [2.75, 3.05) is 6.54 Å². The van der Waals surface area contributed by atoms with E-state index in [2.05, 4.69) is 30.3 Å². The molecule has 0 saturated heterocycles. The minimum Gasteiger partial charge on any atom is -0.345 e. The van der Waals surface area contributed by atoms with Crippen molar-refractivity contribution >= 4 is 18.3 Å². The van der Waals surface area contributed by atoms with Gasteiger partial charge in [0.25, 0.3) is 5.91 Å². The molecule has 138 valence electrons. The van der Waals surface area contributed by atoms with Crippen LogP contribution in [0.2, 0.25) is 0 Å². The van der Waals surface area contributed by atoms with Crippen LogP contribution < -0.4 is 11.1 Å². The molecule has 1 heterocycles. The summed E-state index contributed by atoms with van der Waals surface area (Å²) in [7, 11) is 0. The molecule has 0 saturated carbocycles. The van der Waals surface area contributed by atoms with Crippen molar-refractivity contribution < 1.29 is 4.79 Å². The quantitative estimate of drug-likeness (QED) is 0.792. The maximum absolute atomic E-state index is 12.6. The number of benzene rings is 1. The molecule has 0 unspecified atom stereocenters. The molecule has 0 bridgehead atoms. The molecule has 25 heavy (non-hydrogen) atoms. The van der Waals surface area contributed by atoms with Crippen molar-refractivity contribution in [2.24, 2.45) is 5.73 Å². The highest BCUT2D eigenvalue weighted by atomic mass is 35.5. The van der Waals surface area contributed by atoms with Crippen LogP contribution in [-0.2, 0) is 6.54 Å². The Kier molecular flexibility index (Phi) is 7.64. The second-order valence-corrected chi connectivity index (χ2v) is 6.43. The van der Waals surface area contributed by atoms with Crippen LogP contribution in [0.3, 0.4) is 0 Å². The third kappa shape index (κ3) is 5.06. The number of halogens is 1. The highest BCUT2D eigenvalue weighted by Gasteiger charge is 2.26. The summed E-state index contributed by atoms with van der Waals surface area (Å²) in [5, 5.41) is 7.59. The fourth-order valence-electron chi connectivity index (χ4n) is 2.90. The van der Waals surface area contributed by atoms with Gasteiger partial charge >= 0.3 is 0 Å². The lowest BCUT2D eigenvalue weighted by Crippen LogP contribution is -2.52. The summed E-state index contributed by atoms with van der Waals surface area (Å²) in [6.07, 6.45) is 1.63. The van der Waals surface area contributed by atoms with Crippen LogP contribution in [0, 0.1) is 13.8 Å². The van der Waals surface area contributed by atoms with E-state index in [1.807, 2.05) is 42.8 Å². The molecule has 0 fully saturated rings. The number of aryl methyl sites for hydroxylation is 2. The summed E-state index contributed by atoms with van der Waals surface area (Å²) in [5.41, 5.74) is 9.38. The molecule has 3 N–H and O–H groups in total. The topological polar surface area (TPSA) is 72.9 Å². The number of nitrogens with two attached hydrogens (primary N) is 1. The van der Waals surface area contributed by atoms with Crippen LogP contribution in [0.15, 0.2) is 30.3 Å². The standard InChI is InChI=1S/C19H28N4O.ClH/c1-5-19(6-2,13-20)21-18(24)17-9-7-8-16(11-17)12-23-15(4)10-14(3)22-23;/h7-11H,5-6,12-13,20H2,1-4H3,(H,21,24);1H. The van der Waals surface area contributed by atoms with Crippen molar-refractivity contribution in [3.8, 4) is 0 Å². The average molecular weight is 365 g/mol. The fourth-order valence-corrected chi connectivity index (χ4v) is 2.90. The van der Waals surface area contributed by atoms with Crippen LogP contribution in [0.5, 0.6) is 0 Å². The molecule has 0 spiro atoms. The number of carbonyl (C=O) groups is 1. The zero-order valence-electron chi connectivity index (χ0n) is 15.5. The summed E-state index contributed by atoms with van der Waals surface area (Å²) < 4.78 is 1.95. The van der Waals surface area contributed by atoms with E-state index in [4.69, 9.17) is 5.73 Å². The van der Waals surface area contributed by atoms with Gasteiger partial charge in [-0.2, -0.15) is 5.10 Å². The predicted octanol–water partition coefficient (Wildman–Crippen LogP) is 3.22. The van der Waals surface area contributed by atoms with Crippen molar-refractivity contribution in [1.82, 2.24) is 15.1 Å². The molecule has 0 aliphatic heterocycles. The number of carbonyl (C=O) groups excluding carboxylic acids is 1. The summed E-state index contributed by atoms with van der Waals surface area (Å²) >= 11 is 0. The predicted molar refractivity (Wildman–Crippen MR) is 104 cm³/mol. The minimum atomic E-state index is -0.331. The summed E-state index contributed by atoms with van der Waals surface area (Å²) in [6, 6.07) is 9.75. The van der Waals surface area contributed by atoms with Crippen LogP contribution in [0.1, 0.15) is 54.0 Å². The second-order valence-electron chi connectivity index (χ2n) is 6.43. The van der Waals surface area contributed by atoms with Gasteiger partial charge in [-0.05, 0) is 50.5 Å². The Bertz CT molecular complexity index is 699. The van der Waals surface area contributed by atoms with Crippen molar-refractivity contribution in [3.05, 3.63) is 52.8 Å². The Balaban J connectivity index is 0.00000312.